The Morgan fingerprint density at radius 1 is 1.53 bits per heavy atom. The smallest absolute Gasteiger partial charge is 0.180 e. The molecule has 0 amide bonds. The van der Waals surface area contributed by atoms with Crippen LogP contribution in [0.1, 0.15) is 5.69 Å². The minimum Gasteiger partial charge on any atom is -0.495 e. The number of benzene rings is 1. The van der Waals surface area contributed by atoms with Crippen molar-refractivity contribution in [2.45, 2.75) is 6.54 Å². The molecule has 0 fully saturated rings. The molecule has 0 bridgehead atoms. The van der Waals surface area contributed by atoms with Crippen molar-refractivity contribution in [1.82, 2.24) is 4.98 Å². The third kappa shape index (κ3) is 3.01. The first-order valence-electron chi connectivity index (χ1n) is 4.96. The Balaban J connectivity index is 2.10. The first-order chi connectivity index (χ1) is 8.19. The summed E-state index contributed by atoms with van der Waals surface area (Å²) < 4.78 is 5.23. The molecule has 4 nitrogen and oxygen atoms in total. The molecule has 0 aliphatic rings. The summed E-state index contributed by atoms with van der Waals surface area (Å²) in [5.41, 5.74) is 7.30. The van der Waals surface area contributed by atoms with Gasteiger partial charge in [0, 0.05) is 10.4 Å². The molecule has 3 N–H and O–H groups in total. The van der Waals surface area contributed by atoms with Gasteiger partial charge in [-0.1, -0.05) is 11.6 Å². The molecule has 6 heteroatoms. The summed E-state index contributed by atoms with van der Waals surface area (Å²) in [5.74, 6) is 0.748. The van der Waals surface area contributed by atoms with Crippen LogP contribution in [-0.4, -0.2) is 12.1 Å². The van der Waals surface area contributed by atoms with Gasteiger partial charge < -0.3 is 15.8 Å². The molecule has 0 radical (unpaired) electrons. The Hall–Kier alpha value is -1.46. The summed E-state index contributed by atoms with van der Waals surface area (Å²) in [7, 11) is 1.62. The summed E-state index contributed by atoms with van der Waals surface area (Å²) in [5, 5.41) is 6.36. The van der Waals surface area contributed by atoms with Crippen LogP contribution < -0.4 is 15.8 Å². The largest absolute Gasteiger partial charge is 0.495 e. The van der Waals surface area contributed by atoms with Crippen molar-refractivity contribution in [1.29, 1.82) is 0 Å². The molecule has 0 unspecified atom stereocenters. The third-order valence-electron chi connectivity index (χ3n) is 2.19. The predicted molar refractivity (Wildman–Crippen MR) is 71.9 cm³/mol. The average Bonchev–Trinajstić information content (AvgIpc) is 2.73. The van der Waals surface area contributed by atoms with E-state index in [1.165, 1.54) is 11.3 Å². The van der Waals surface area contributed by atoms with Gasteiger partial charge in [-0.25, -0.2) is 4.98 Å². The molecule has 0 saturated heterocycles. The van der Waals surface area contributed by atoms with Crippen LogP contribution in [0.25, 0.3) is 0 Å². The lowest BCUT2D eigenvalue weighted by Gasteiger charge is -2.10. The van der Waals surface area contributed by atoms with Crippen molar-refractivity contribution >= 4 is 33.8 Å². The van der Waals surface area contributed by atoms with Crippen molar-refractivity contribution in [2.75, 3.05) is 18.2 Å². The van der Waals surface area contributed by atoms with Crippen LogP contribution in [0.15, 0.2) is 23.6 Å². The van der Waals surface area contributed by atoms with E-state index < -0.39 is 0 Å². The van der Waals surface area contributed by atoms with Crippen molar-refractivity contribution in [3.8, 4) is 5.75 Å². The molecule has 17 heavy (non-hydrogen) atoms. The van der Waals surface area contributed by atoms with Crippen LogP contribution in [0.3, 0.4) is 0 Å². The monoisotopic (exact) mass is 269 g/mol. The molecular formula is C11H12ClN3OS. The highest BCUT2D eigenvalue weighted by molar-refractivity contribution is 7.13. The van der Waals surface area contributed by atoms with Gasteiger partial charge in [0.05, 0.1) is 25.0 Å². The maximum absolute atomic E-state index is 5.93. The van der Waals surface area contributed by atoms with Gasteiger partial charge in [0.1, 0.15) is 5.75 Å². The van der Waals surface area contributed by atoms with Crippen molar-refractivity contribution < 1.29 is 4.74 Å². The van der Waals surface area contributed by atoms with Crippen molar-refractivity contribution in [3.05, 3.63) is 34.3 Å². The van der Waals surface area contributed by atoms with Crippen LogP contribution >= 0.6 is 22.9 Å². The van der Waals surface area contributed by atoms with E-state index in [0.29, 0.717) is 16.7 Å². The summed E-state index contributed by atoms with van der Waals surface area (Å²) in [6.45, 7) is 0.588. The fourth-order valence-corrected chi connectivity index (χ4v) is 2.14. The predicted octanol–water partition coefficient (Wildman–Crippen LogP) is 3.00. The number of nitrogens with one attached hydrogen (secondary N) is 1. The SMILES string of the molecule is COc1ccc(Cl)cc1NCc1csc(N)n1. The first-order valence-corrected chi connectivity index (χ1v) is 6.22. The average molecular weight is 270 g/mol. The fraction of sp³-hybridized carbons (Fsp3) is 0.182. The number of methoxy groups -OCH3 is 1. The lowest BCUT2D eigenvalue weighted by atomic mass is 10.3. The second-order valence-electron chi connectivity index (χ2n) is 3.38. The molecule has 2 aromatic rings. The molecule has 90 valence electrons. The maximum atomic E-state index is 5.93. The fourth-order valence-electron chi connectivity index (χ4n) is 1.41. The van der Waals surface area contributed by atoms with Crippen LogP contribution in [0.5, 0.6) is 5.75 Å². The molecule has 0 atom stereocenters. The number of anilines is 2. The Morgan fingerprint density at radius 3 is 3.00 bits per heavy atom. The molecule has 0 spiro atoms. The van der Waals surface area contributed by atoms with Gasteiger partial charge in [0.25, 0.3) is 0 Å². The first kappa shape index (κ1) is 12.0. The van der Waals surface area contributed by atoms with E-state index in [4.69, 9.17) is 22.1 Å². The number of hydrogen-bond donors (Lipinski definition) is 2. The second-order valence-corrected chi connectivity index (χ2v) is 4.70. The van der Waals surface area contributed by atoms with Gasteiger partial charge >= 0.3 is 0 Å². The molecular weight excluding hydrogens is 258 g/mol. The summed E-state index contributed by atoms with van der Waals surface area (Å²) in [4.78, 5) is 4.16. The number of halogens is 1. The number of nitrogens with two attached hydrogens (primary N) is 1. The zero-order chi connectivity index (χ0) is 12.3. The Bertz CT molecular complexity index is 515. The molecule has 2 rings (SSSR count). The molecule has 1 aromatic heterocycles. The number of hydrogen-bond acceptors (Lipinski definition) is 5. The maximum Gasteiger partial charge on any atom is 0.180 e. The van der Waals surface area contributed by atoms with Crippen LogP contribution in [0.4, 0.5) is 10.8 Å². The van der Waals surface area contributed by atoms with E-state index in [1.807, 2.05) is 17.5 Å². The van der Waals surface area contributed by atoms with Crippen LogP contribution in [0.2, 0.25) is 5.02 Å². The van der Waals surface area contributed by atoms with Gasteiger partial charge in [-0.05, 0) is 18.2 Å². The van der Waals surface area contributed by atoms with E-state index in [1.54, 1.807) is 13.2 Å². The topological polar surface area (TPSA) is 60.2 Å². The number of aromatic nitrogens is 1. The standard InChI is InChI=1S/C11H12ClN3OS/c1-16-10-3-2-7(12)4-9(10)14-5-8-6-17-11(13)15-8/h2-4,6,14H,5H2,1H3,(H2,13,15). The lowest BCUT2D eigenvalue weighted by Crippen LogP contribution is -2.01. The minimum atomic E-state index is 0.569. The summed E-state index contributed by atoms with van der Waals surface area (Å²) in [6.07, 6.45) is 0. The highest BCUT2D eigenvalue weighted by Crippen LogP contribution is 2.28. The number of nitrogen functional groups attached to an aromatic ring is 1. The van der Waals surface area contributed by atoms with Gasteiger partial charge in [-0.3, -0.25) is 0 Å². The molecule has 0 aliphatic carbocycles. The highest BCUT2D eigenvalue weighted by atomic mass is 35.5. The van der Waals surface area contributed by atoms with E-state index in [0.717, 1.165) is 17.1 Å². The molecule has 1 heterocycles. The number of ether oxygens (including phenoxy) is 1. The van der Waals surface area contributed by atoms with Gasteiger partial charge in [0.15, 0.2) is 5.13 Å². The number of rotatable bonds is 4. The lowest BCUT2D eigenvalue weighted by molar-refractivity contribution is 0.416. The van der Waals surface area contributed by atoms with Crippen molar-refractivity contribution in [3.63, 3.8) is 0 Å². The second kappa shape index (κ2) is 5.25. The molecule has 0 saturated carbocycles. The van der Waals surface area contributed by atoms with Crippen LogP contribution in [-0.2, 0) is 6.54 Å². The van der Waals surface area contributed by atoms with Crippen LogP contribution in [0, 0.1) is 0 Å². The quantitative estimate of drug-likeness (QED) is 0.896. The summed E-state index contributed by atoms with van der Waals surface area (Å²) in [6, 6.07) is 5.42. The Morgan fingerprint density at radius 2 is 2.35 bits per heavy atom. The zero-order valence-electron chi connectivity index (χ0n) is 9.24. The Kier molecular flexibility index (Phi) is 3.71. The third-order valence-corrected chi connectivity index (χ3v) is 3.15. The van der Waals surface area contributed by atoms with Gasteiger partial charge in [-0.2, -0.15) is 0 Å². The van der Waals surface area contributed by atoms with E-state index >= 15 is 0 Å². The molecule has 1 aromatic carbocycles. The van der Waals surface area contributed by atoms with E-state index in [-0.39, 0.29) is 0 Å². The highest BCUT2D eigenvalue weighted by Gasteiger charge is 2.04. The summed E-state index contributed by atoms with van der Waals surface area (Å²) >= 11 is 7.35. The number of nitrogens with zero attached hydrogens (tertiary/aromatic N) is 1. The normalized spacial score (nSPS) is 10.2. The van der Waals surface area contributed by atoms with Gasteiger partial charge in [0.2, 0.25) is 0 Å². The van der Waals surface area contributed by atoms with Crippen molar-refractivity contribution in [2.24, 2.45) is 0 Å². The Labute approximate surface area is 108 Å². The zero-order valence-corrected chi connectivity index (χ0v) is 10.8. The minimum absolute atomic E-state index is 0.569. The van der Waals surface area contributed by atoms with E-state index in [2.05, 4.69) is 10.3 Å². The van der Waals surface area contributed by atoms with Gasteiger partial charge in [-0.15, -0.1) is 11.3 Å². The molecule has 0 aliphatic heterocycles. The number of thiazole rings is 1. The van der Waals surface area contributed by atoms with E-state index in [9.17, 15) is 0 Å².